The van der Waals surface area contributed by atoms with E-state index in [-0.39, 0.29) is 0 Å². The Balaban J connectivity index is 1.93. The number of hydrogen-bond donors (Lipinski definition) is 1. The van der Waals surface area contributed by atoms with Gasteiger partial charge in [0.1, 0.15) is 11.6 Å². The van der Waals surface area contributed by atoms with Gasteiger partial charge in [0.15, 0.2) is 0 Å². The molecule has 0 atom stereocenters. The van der Waals surface area contributed by atoms with Gasteiger partial charge in [0, 0.05) is 22.6 Å². The number of nitrogens with two attached hydrogens (primary N) is 1. The van der Waals surface area contributed by atoms with Crippen LogP contribution in [0.5, 0.6) is 0 Å². The van der Waals surface area contributed by atoms with Crippen LogP contribution >= 0.6 is 11.3 Å². The lowest BCUT2D eigenvalue weighted by Gasteiger charge is -2.16. The molecule has 0 aliphatic heterocycles. The van der Waals surface area contributed by atoms with Gasteiger partial charge in [-0.25, -0.2) is 9.97 Å². The van der Waals surface area contributed by atoms with Crippen LogP contribution in [-0.2, 0) is 19.3 Å². The quantitative estimate of drug-likeness (QED) is 0.884. The van der Waals surface area contributed by atoms with E-state index >= 15 is 0 Å². The lowest BCUT2D eigenvalue weighted by atomic mass is 9.96. The molecule has 88 valence electrons. The Labute approximate surface area is 105 Å². The molecule has 2 heterocycles. The van der Waals surface area contributed by atoms with E-state index < -0.39 is 0 Å². The van der Waals surface area contributed by atoms with Crippen LogP contribution in [0.3, 0.4) is 0 Å². The van der Waals surface area contributed by atoms with Gasteiger partial charge in [0.2, 0.25) is 0 Å². The van der Waals surface area contributed by atoms with Crippen LogP contribution in [0, 0.1) is 0 Å². The minimum absolute atomic E-state index is 0.696. The van der Waals surface area contributed by atoms with Gasteiger partial charge in [0.25, 0.3) is 0 Å². The molecule has 3 rings (SSSR count). The van der Waals surface area contributed by atoms with Crippen LogP contribution in [0.15, 0.2) is 17.5 Å². The second-order valence-electron chi connectivity index (χ2n) is 4.41. The summed E-state index contributed by atoms with van der Waals surface area (Å²) in [6, 6.07) is 4.17. The Morgan fingerprint density at radius 1 is 1.24 bits per heavy atom. The van der Waals surface area contributed by atoms with Crippen molar-refractivity contribution in [3.05, 3.63) is 39.5 Å². The fourth-order valence-electron chi connectivity index (χ4n) is 2.32. The van der Waals surface area contributed by atoms with Gasteiger partial charge >= 0.3 is 0 Å². The monoisotopic (exact) mass is 245 g/mol. The predicted octanol–water partition coefficient (Wildman–Crippen LogP) is 2.59. The smallest absolute Gasteiger partial charge is 0.136 e. The molecule has 1 aliphatic rings. The number of fused-ring (bicyclic) bond motifs is 1. The topological polar surface area (TPSA) is 51.8 Å². The fraction of sp³-hybridized carbons (Fsp3) is 0.385. The van der Waals surface area contributed by atoms with Gasteiger partial charge in [-0.3, -0.25) is 0 Å². The lowest BCUT2D eigenvalue weighted by Crippen LogP contribution is -2.13. The van der Waals surface area contributed by atoms with E-state index in [9.17, 15) is 0 Å². The number of nitrogen functional groups attached to an aromatic ring is 1. The molecule has 3 nitrogen and oxygen atoms in total. The van der Waals surface area contributed by atoms with Gasteiger partial charge in [-0.15, -0.1) is 11.3 Å². The molecule has 2 N–H and O–H groups in total. The molecule has 0 aromatic carbocycles. The first kappa shape index (κ1) is 10.7. The zero-order valence-electron chi connectivity index (χ0n) is 9.65. The number of aryl methyl sites for hydroxylation is 1. The van der Waals surface area contributed by atoms with Gasteiger partial charge in [-0.2, -0.15) is 0 Å². The zero-order chi connectivity index (χ0) is 11.7. The van der Waals surface area contributed by atoms with Crippen molar-refractivity contribution in [2.24, 2.45) is 0 Å². The average Bonchev–Trinajstić information content (AvgIpc) is 2.82. The molecule has 0 saturated carbocycles. The molecular weight excluding hydrogens is 230 g/mol. The fourth-order valence-corrected chi connectivity index (χ4v) is 3.03. The summed E-state index contributed by atoms with van der Waals surface area (Å²) in [5.74, 6) is 1.56. The highest BCUT2D eigenvalue weighted by Gasteiger charge is 2.16. The van der Waals surface area contributed by atoms with Crippen molar-refractivity contribution in [1.29, 1.82) is 0 Å². The molecule has 17 heavy (non-hydrogen) atoms. The standard InChI is InChI=1S/C13H15N3S/c14-13-10-5-1-2-6-11(10)15-12(16-13)8-9-4-3-7-17-9/h3-4,7H,1-2,5-6,8H2,(H2,14,15,16). The Bertz CT molecular complexity index is 520. The summed E-state index contributed by atoms with van der Waals surface area (Å²) >= 11 is 1.74. The maximum atomic E-state index is 6.02. The van der Waals surface area contributed by atoms with Crippen molar-refractivity contribution in [2.45, 2.75) is 32.1 Å². The van der Waals surface area contributed by atoms with Crippen LogP contribution in [0.1, 0.15) is 34.8 Å². The number of rotatable bonds is 2. The Morgan fingerprint density at radius 2 is 2.12 bits per heavy atom. The zero-order valence-corrected chi connectivity index (χ0v) is 10.5. The highest BCUT2D eigenvalue weighted by atomic mass is 32.1. The highest BCUT2D eigenvalue weighted by molar-refractivity contribution is 7.09. The van der Waals surface area contributed by atoms with Crippen molar-refractivity contribution in [2.75, 3.05) is 5.73 Å². The second kappa shape index (κ2) is 4.45. The first-order chi connectivity index (χ1) is 8.33. The molecule has 0 radical (unpaired) electrons. The Kier molecular flexibility index (Phi) is 2.81. The van der Waals surface area contributed by atoms with Gasteiger partial charge in [-0.1, -0.05) is 6.07 Å². The van der Waals surface area contributed by atoms with Gasteiger partial charge in [0.05, 0.1) is 0 Å². The molecule has 0 fully saturated rings. The summed E-state index contributed by atoms with van der Waals surface area (Å²) in [5, 5.41) is 2.08. The molecule has 2 aromatic rings. The Hall–Kier alpha value is -1.42. The maximum absolute atomic E-state index is 6.02. The van der Waals surface area contributed by atoms with Crippen molar-refractivity contribution in [3.8, 4) is 0 Å². The van der Waals surface area contributed by atoms with Crippen LogP contribution in [0.25, 0.3) is 0 Å². The van der Waals surface area contributed by atoms with Crippen LogP contribution in [0.2, 0.25) is 0 Å². The SMILES string of the molecule is Nc1nc(Cc2cccs2)nc2c1CCCC2. The summed E-state index contributed by atoms with van der Waals surface area (Å²) in [4.78, 5) is 10.4. The molecule has 0 saturated heterocycles. The molecular formula is C13H15N3S. The van der Waals surface area contributed by atoms with Crippen LogP contribution < -0.4 is 5.73 Å². The van der Waals surface area contributed by atoms with Gasteiger partial charge in [-0.05, 0) is 37.1 Å². The molecule has 4 heteroatoms. The third-order valence-corrected chi connectivity index (χ3v) is 4.05. The number of thiophene rings is 1. The number of nitrogens with zero attached hydrogens (tertiary/aromatic N) is 2. The number of anilines is 1. The minimum atomic E-state index is 0.696. The van der Waals surface area contributed by atoms with Crippen molar-refractivity contribution < 1.29 is 0 Å². The van der Waals surface area contributed by atoms with E-state index in [4.69, 9.17) is 5.73 Å². The van der Waals surface area contributed by atoms with Crippen molar-refractivity contribution in [3.63, 3.8) is 0 Å². The highest BCUT2D eigenvalue weighted by Crippen LogP contribution is 2.24. The maximum Gasteiger partial charge on any atom is 0.136 e. The summed E-state index contributed by atoms with van der Waals surface area (Å²) in [7, 11) is 0. The summed E-state index contributed by atoms with van der Waals surface area (Å²) in [5.41, 5.74) is 8.39. The lowest BCUT2D eigenvalue weighted by molar-refractivity contribution is 0.659. The molecule has 1 aliphatic carbocycles. The summed E-state index contributed by atoms with van der Waals surface area (Å²) in [6.45, 7) is 0. The first-order valence-electron chi connectivity index (χ1n) is 5.99. The number of aromatic nitrogens is 2. The number of hydrogen-bond acceptors (Lipinski definition) is 4. The normalized spacial score (nSPS) is 14.6. The van der Waals surface area contributed by atoms with E-state index in [1.54, 1.807) is 11.3 Å². The van der Waals surface area contributed by atoms with E-state index in [0.29, 0.717) is 5.82 Å². The summed E-state index contributed by atoms with van der Waals surface area (Å²) < 4.78 is 0. The van der Waals surface area contributed by atoms with E-state index in [1.807, 2.05) is 0 Å². The molecule has 0 bridgehead atoms. The minimum Gasteiger partial charge on any atom is -0.383 e. The van der Waals surface area contributed by atoms with Crippen molar-refractivity contribution >= 4 is 17.2 Å². The molecule has 2 aromatic heterocycles. The Morgan fingerprint density at radius 3 is 2.94 bits per heavy atom. The van der Waals surface area contributed by atoms with E-state index in [1.165, 1.54) is 29.0 Å². The van der Waals surface area contributed by atoms with Gasteiger partial charge < -0.3 is 5.73 Å². The second-order valence-corrected chi connectivity index (χ2v) is 5.45. The van der Waals surface area contributed by atoms with Crippen LogP contribution in [-0.4, -0.2) is 9.97 Å². The third-order valence-electron chi connectivity index (χ3n) is 3.17. The van der Waals surface area contributed by atoms with E-state index in [0.717, 1.165) is 25.1 Å². The third kappa shape index (κ3) is 2.17. The molecule has 0 spiro atoms. The largest absolute Gasteiger partial charge is 0.383 e. The first-order valence-corrected chi connectivity index (χ1v) is 6.87. The van der Waals surface area contributed by atoms with Crippen LogP contribution in [0.4, 0.5) is 5.82 Å². The molecule has 0 amide bonds. The van der Waals surface area contributed by atoms with E-state index in [2.05, 4.69) is 27.5 Å². The van der Waals surface area contributed by atoms with Crippen molar-refractivity contribution in [1.82, 2.24) is 9.97 Å². The molecule has 0 unspecified atom stereocenters. The summed E-state index contributed by atoms with van der Waals surface area (Å²) in [6.07, 6.45) is 5.34. The average molecular weight is 245 g/mol. The predicted molar refractivity (Wildman–Crippen MR) is 70.2 cm³/mol.